The van der Waals surface area contributed by atoms with Crippen LogP contribution in [0.2, 0.25) is 0 Å². The van der Waals surface area contributed by atoms with E-state index in [1.54, 1.807) is 0 Å². The molecule has 0 saturated carbocycles. The first-order valence-corrected chi connectivity index (χ1v) is 12.5. The zero-order valence-corrected chi connectivity index (χ0v) is 20.2. The molecule has 5 rings (SSSR count). The highest BCUT2D eigenvalue weighted by molar-refractivity contribution is 5.42. The summed E-state index contributed by atoms with van der Waals surface area (Å²) in [4.78, 5) is 5.09. The third-order valence-corrected chi connectivity index (χ3v) is 6.89. The van der Waals surface area contributed by atoms with Crippen LogP contribution in [-0.2, 0) is 32.0 Å². The van der Waals surface area contributed by atoms with E-state index in [1.807, 2.05) is 0 Å². The molecule has 0 spiro atoms. The summed E-state index contributed by atoms with van der Waals surface area (Å²) in [5, 5.41) is 0. The molecule has 4 saturated heterocycles. The van der Waals surface area contributed by atoms with Crippen LogP contribution in [0, 0.1) is 0 Å². The van der Waals surface area contributed by atoms with E-state index in [4.69, 9.17) is 18.9 Å². The first kappa shape index (κ1) is 22.8. The number of hydrogen-bond acceptors (Lipinski definition) is 6. The summed E-state index contributed by atoms with van der Waals surface area (Å²) in [5.41, 5.74) is 5.90. The lowest BCUT2D eigenvalue weighted by Gasteiger charge is -2.28. The smallest absolute Gasteiger partial charge is 0.0936 e. The molecule has 32 heavy (non-hydrogen) atoms. The molecule has 0 radical (unpaired) electrons. The quantitative estimate of drug-likeness (QED) is 0.411. The van der Waals surface area contributed by atoms with Crippen LogP contribution < -0.4 is 0 Å². The largest absolute Gasteiger partial charge is 0.372 e. The monoisotopic (exact) mass is 444 g/mol. The molecule has 6 heteroatoms. The van der Waals surface area contributed by atoms with Crippen molar-refractivity contribution in [3.8, 4) is 0 Å². The Balaban J connectivity index is 1.39. The average Bonchev–Trinajstić information content (AvgIpc) is 3.57. The number of hydrogen-bond donors (Lipinski definition) is 0. The Kier molecular flexibility index (Phi) is 6.89. The predicted octanol–water partition coefficient (Wildman–Crippen LogP) is 3.13. The highest BCUT2D eigenvalue weighted by Gasteiger charge is 2.33. The molecule has 1 aromatic rings. The molecule has 1 aromatic carbocycles. The SMILES string of the molecule is CC(C)c1cc(C(C)C)c(CN(CC2CO2)CC2CO2)cc1CN(CC1CO1)CC1CO1. The maximum Gasteiger partial charge on any atom is 0.0936 e. The highest BCUT2D eigenvalue weighted by Crippen LogP contribution is 2.31. The van der Waals surface area contributed by atoms with Crippen LogP contribution in [0.5, 0.6) is 0 Å². The lowest BCUT2D eigenvalue weighted by molar-refractivity contribution is 0.209. The minimum atomic E-state index is 0.401. The molecule has 0 aromatic heterocycles. The van der Waals surface area contributed by atoms with Crippen LogP contribution in [0.1, 0.15) is 61.8 Å². The van der Waals surface area contributed by atoms with E-state index < -0.39 is 0 Å². The van der Waals surface area contributed by atoms with Gasteiger partial charge in [0.05, 0.1) is 50.8 Å². The molecule has 4 unspecified atom stereocenters. The van der Waals surface area contributed by atoms with E-state index in [2.05, 4.69) is 49.6 Å². The van der Waals surface area contributed by atoms with E-state index >= 15 is 0 Å². The number of rotatable bonds is 14. The third kappa shape index (κ3) is 6.52. The van der Waals surface area contributed by atoms with Crippen molar-refractivity contribution in [2.75, 3.05) is 52.6 Å². The first-order chi connectivity index (χ1) is 15.4. The molecule has 4 fully saturated rings. The summed E-state index contributed by atoms with van der Waals surface area (Å²) in [6, 6.07) is 5.01. The predicted molar refractivity (Wildman–Crippen MR) is 124 cm³/mol. The van der Waals surface area contributed by atoms with Gasteiger partial charge in [-0.3, -0.25) is 9.80 Å². The molecule has 0 bridgehead atoms. The van der Waals surface area contributed by atoms with E-state index in [0.717, 1.165) is 65.7 Å². The van der Waals surface area contributed by atoms with E-state index in [-0.39, 0.29) is 0 Å². The van der Waals surface area contributed by atoms with Crippen LogP contribution >= 0.6 is 0 Å². The third-order valence-electron chi connectivity index (χ3n) is 6.89. The molecule has 4 atom stereocenters. The van der Waals surface area contributed by atoms with Crippen molar-refractivity contribution in [3.63, 3.8) is 0 Å². The lowest BCUT2D eigenvalue weighted by Crippen LogP contribution is -2.33. The minimum absolute atomic E-state index is 0.401. The molecule has 4 aliphatic rings. The van der Waals surface area contributed by atoms with E-state index in [1.165, 1.54) is 22.3 Å². The maximum absolute atomic E-state index is 5.56. The average molecular weight is 445 g/mol. The first-order valence-electron chi connectivity index (χ1n) is 12.5. The Bertz CT molecular complexity index is 693. The van der Waals surface area contributed by atoms with Gasteiger partial charge in [-0.2, -0.15) is 0 Å². The van der Waals surface area contributed by atoms with Gasteiger partial charge in [-0.1, -0.05) is 39.8 Å². The van der Waals surface area contributed by atoms with Crippen molar-refractivity contribution < 1.29 is 18.9 Å². The second-order valence-corrected chi connectivity index (χ2v) is 10.8. The van der Waals surface area contributed by atoms with Crippen LogP contribution in [0.15, 0.2) is 12.1 Å². The van der Waals surface area contributed by atoms with Gasteiger partial charge >= 0.3 is 0 Å². The van der Waals surface area contributed by atoms with Crippen molar-refractivity contribution in [3.05, 3.63) is 34.4 Å². The number of benzene rings is 1. The number of ether oxygens (including phenoxy) is 4. The van der Waals surface area contributed by atoms with Gasteiger partial charge in [-0.25, -0.2) is 0 Å². The Morgan fingerprint density at radius 3 is 1.19 bits per heavy atom. The minimum Gasteiger partial charge on any atom is -0.372 e. The Morgan fingerprint density at radius 2 is 0.938 bits per heavy atom. The van der Waals surface area contributed by atoms with Gasteiger partial charge in [0.2, 0.25) is 0 Å². The normalized spacial score (nSPS) is 28.2. The Labute approximate surface area is 193 Å². The van der Waals surface area contributed by atoms with Gasteiger partial charge < -0.3 is 18.9 Å². The van der Waals surface area contributed by atoms with Gasteiger partial charge in [0.1, 0.15) is 0 Å². The second kappa shape index (κ2) is 9.69. The summed E-state index contributed by atoms with van der Waals surface area (Å²) >= 11 is 0. The molecule has 0 amide bonds. The fourth-order valence-electron chi connectivity index (χ4n) is 4.81. The molecule has 0 N–H and O–H groups in total. The van der Waals surface area contributed by atoms with Gasteiger partial charge in [0.15, 0.2) is 0 Å². The fraction of sp³-hybridized carbons (Fsp3) is 0.769. The number of epoxide rings is 4. The van der Waals surface area contributed by atoms with Crippen molar-refractivity contribution in [1.29, 1.82) is 0 Å². The topological polar surface area (TPSA) is 56.6 Å². The molecule has 4 heterocycles. The zero-order chi connectivity index (χ0) is 22.2. The van der Waals surface area contributed by atoms with Crippen molar-refractivity contribution >= 4 is 0 Å². The van der Waals surface area contributed by atoms with Crippen LogP contribution in [0.3, 0.4) is 0 Å². The summed E-state index contributed by atoms with van der Waals surface area (Å²) < 4.78 is 22.2. The Hall–Kier alpha value is -1.02. The van der Waals surface area contributed by atoms with Crippen LogP contribution in [0.4, 0.5) is 0 Å². The highest BCUT2D eigenvalue weighted by atomic mass is 16.6. The maximum atomic E-state index is 5.56. The molecular formula is C26H40N2O4. The molecule has 178 valence electrons. The van der Waals surface area contributed by atoms with Crippen molar-refractivity contribution in [2.24, 2.45) is 0 Å². The molecule has 4 aliphatic heterocycles. The van der Waals surface area contributed by atoms with Crippen molar-refractivity contribution in [2.45, 2.75) is 77.0 Å². The molecule has 0 aliphatic carbocycles. The second-order valence-electron chi connectivity index (χ2n) is 10.8. The van der Waals surface area contributed by atoms with Gasteiger partial charge in [-0.15, -0.1) is 0 Å². The van der Waals surface area contributed by atoms with Crippen LogP contribution in [-0.4, -0.2) is 86.8 Å². The van der Waals surface area contributed by atoms with Gasteiger partial charge in [0.25, 0.3) is 0 Å². The summed E-state index contributed by atoms with van der Waals surface area (Å²) in [7, 11) is 0. The summed E-state index contributed by atoms with van der Waals surface area (Å²) in [5.74, 6) is 1.01. The molecular weight excluding hydrogens is 404 g/mol. The van der Waals surface area contributed by atoms with E-state index in [0.29, 0.717) is 36.3 Å². The summed E-state index contributed by atoms with van der Waals surface area (Å²) in [6.07, 6.45) is 1.60. The van der Waals surface area contributed by atoms with Gasteiger partial charge in [0, 0.05) is 39.3 Å². The standard InChI is InChI=1S/C26H40N2O4/c1-17(2)25-6-26(18(3)4)20(8-28(11-23-15-31-23)12-24-16-32-24)5-19(25)7-27(9-21-13-29-21)10-22-14-30-22/h5-6,17-18,21-24H,7-16H2,1-4H3. The lowest BCUT2D eigenvalue weighted by atomic mass is 9.87. The van der Waals surface area contributed by atoms with Crippen LogP contribution in [0.25, 0.3) is 0 Å². The zero-order valence-electron chi connectivity index (χ0n) is 20.2. The van der Waals surface area contributed by atoms with E-state index in [9.17, 15) is 0 Å². The fourth-order valence-corrected chi connectivity index (χ4v) is 4.81. The van der Waals surface area contributed by atoms with Crippen molar-refractivity contribution in [1.82, 2.24) is 9.80 Å². The van der Waals surface area contributed by atoms with Gasteiger partial charge in [-0.05, 0) is 34.1 Å². The number of nitrogens with zero attached hydrogens (tertiary/aromatic N) is 2. The molecule has 6 nitrogen and oxygen atoms in total. The summed E-state index contributed by atoms with van der Waals surface area (Å²) in [6.45, 7) is 18.8. The Morgan fingerprint density at radius 1 is 0.625 bits per heavy atom.